The van der Waals surface area contributed by atoms with Gasteiger partial charge in [-0.25, -0.2) is 9.78 Å². The third kappa shape index (κ3) is 4.11. The quantitative estimate of drug-likeness (QED) is 0.649. The molecule has 0 unspecified atom stereocenters. The number of carbonyl (C=O) groups is 2. The molecule has 0 aromatic carbocycles. The van der Waals surface area contributed by atoms with Gasteiger partial charge in [0.25, 0.3) is 5.91 Å². The van der Waals surface area contributed by atoms with Gasteiger partial charge in [-0.1, -0.05) is 0 Å². The van der Waals surface area contributed by atoms with Crippen LogP contribution in [-0.4, -0.2) is 29.2 Å². The Bertz CT molecular complexity index is 643. The van der Waals surface area contributed by atoms with Crippen molar-refractivity contribution in [2.24, 2.45) is 0 Å². The van der Waals surface area contributed by atoms with Crippen LogP contribution in [0.5, 0.6) is 0 Å². The maximum Gasteiger partial charge on any atom is 0.341 e. The zero-order chi connectivity index (χ0) is 15.9. The summed E-state index contributed by atoms with van der Waals surface area (Å²) < 4.78 is 10.3. The molecule has 0 fully saturated rings. The van der Waals surface area contributed by atoms with Crippen LogP contribution in [0.1, 0.15) is 23.0 Å². The number of hydrogen-bond donors (Lipinski definition) is 1. The van der Waals surface area contributed by atoms with Crippen LogP contribution in [0.25, 0.3) is 0 Å². The highest BCUT2D eigenvalue weighted by atomic mass is 32.2. The molecule has 0 spiro atoms. The average Bonchev–Trinajstić information content (AvgIpc) is 3.05. The van der Waals surface area contributed by atoms with E-state index >= 15 is 0 Å². The molecule has 1 N–H and O–H groups in total. The molecule has 2 aromatic heterocycles. The first-order valence-electron chi connectivity index (χ1n) is 6.62. The van der Waals surface area contributed by atoms with Crippen molar-refractivity contribution >= 4 is 23.6 Å². The first-order valence-corrected chi connectivity index (χ1v) is 7.84. The van der Waals surface area contributed by atoms with E-state index in [9.17, 15) is 9.59 Å². The molecule has 0 bridgehead atoms. The number of nitrogens with one attached hydrogen (secondary N) is 1. The fourth-order valence-corrected chi connectivity index (χ4v) is 2.26. The van der Waals surface area contributed by atoms with Crippen molar-refractivity contribution in [1.29, 1.82) is 0 Å². The van der Waals surface area contributed by atoms with Gasteiger partial charge in [0.05, 0.1) is 18.4 Å². The predicted molar refractivity (Wildman–Crippen MR) is 81.5 cm³/mol. The van der Waals surface area contributed by atoms with E-state index in [1.54, 1.807) is 30.5 Å². The van der Waals surface area contributed by atoms with E-state index in [-0.39, 0.29) is 12.5 Å². The summed E-state index contributed by atoms with van der Waals surface area (Å²) in [6.07, 6.45) is 4.04. The Balaban J connectivity index is 1.91. The number of ether oxygens (including phenoxy) is 1. The molecule has 0 aliphatic rings. The van der Waals surface area contributed by atoms with E-state index in [2.05, 4.69) is 10.3 Å². The number of esters is 1. The Hall–Kier alpha value is -2.28. The third-order valence-corrected chi connectivity index (χ3v) is 3.57. The van der Waals surface area contributed by atoms with Crippen molar-refractivity contribution in [3.8, 4) is 0 Å². The van der Waals surface area contributed by atoms with Gasteiger partial charge >= 0.3 is 5.97 Å². The number of carbonyl (C=O) groups excluding carboxylic acids is 2. The fraction of sp³-hybridized carbons (Fsp3) is 0.267. The summed E-state index contributed by atoms with van der Waals surface area (Å²) in [7, 11) is 0. The molecule has 7 heteroatoms. The monoisotopic (exact) mass is 320 g/mol. The lowest BCUT2D eigenvalue weighted by Gasteiger charge is -2.13. The SMILES string of the molecule is CSc1ncccc1C(=O)O[C@@H](C)C(=O)NCc1ccco1. The normalized spacial score (nSPS) is 11.7. The third-order valence-electron chi connectivity index (χ3n) is 2.85. The minimum Gasteiger partial charge on any atom is -0.467 e. The van der Waals surface area contributed by atoms with Crippen LogP contribution < -0.4 is 5.32 Å². The smallest absolute Gasteiger partial charge is 0.341 e. The molecule has 0 aliphatic carbocycles. The van der Waals surface area contributed by atoms with Crippen molar-refractivity contribution in [2.75, 3.05) is 6.26 Å². The molecule has 0 aliphatic heterocycles. The lowest BCUT2D eigenvalue weighted by atomic mass is 10.3. The molecule has 6 nitrogen and oxygen atoms in total. The van der Waals surface area contributed by atoms with Gasteiger partial charge in [-0.15, -0.1) is 11.8 Å². The van der Waals surface area contributed by atoms with Crippen LogP contribution in [0.2, 0.25) is 0 Å². The highest BCUT2D eigenvalue weighted by Gasteiger charge is 2.21. The van der Waals surface area contributed by atoms with Gasteiger partial charge in [0.2, 0.25) is 0 Å². The average molecular weight is 320 g/mol. The van der Waals surface area contributed by atoms with Gasteiger partial charge < -0.3 is 14.5 Å². The topological polar surface area (TPSA) is 81.4 Å². The number of nitrogens with zero attached hydrogens (tertiary/aromatic N) is 1. The minimum atomic E-state index is -0.905. The Morgan fingerprint density at radius 2 is 2.23 bits per heavy atom. The number of thioether (sulfide) groups is 1. The van der Waals surface area contributed by atoms with Crippen LogP contribution in [-0.2, 0) is 16.1 Å². The fourth-order valence-electron chi connectivity index (χ4n) is 1.72. The molecule has 1 amide bonds. The lowest BCUT2D eigenvalue weighted by molar-refractivity contribution is -0.129. The first kappa shape index (κ1) is 16.1. The van der Waals surface area contributed by atoms with E-state index < -0.39 is 12.1 Å². The summed E-state index contributed by atoms with van der Waals surface area (Å²) in [5.74, 6) is -0.332. The maximum atomic E-state index is 12.1. The number of rotatable bonds is 6. The molecule has 0 saturated carbocycles. The van der Waals surface area contributed by atoms with E-state index in [4.69, 9.17) is 9.15 Å². The van der Waals surface area contributed by atoms with Crippen molar-refractivity contribution in [3.63, 3.8) is 0 Å². The van der Waals surface area contributed by atoms with Gasteiger partial charge in [-0.05, 0) is 37.4 Å². The Morgan fingerprint density at radius 1 is 1.41 bits per heavy atom. The van der Waals surface area contributed by atoms with Crippen LogP contribution in [0.3, 0.4) is 0 Å². The highest BCUT2D eigenvalue weighted by molar-refractivity contribution is 7.98. The Morgan fingerprint density at radius 3 is 2.91 bits per heavy atom. The van der Waals surface area contributed by atoms with Crippen LogP contribution in [0.15, 0.2) is 46.2 Å². The molecule has 0 saturated heterocycles. The number of aromatic nitrogens is 1. The summed E-state index contributed by atoms with van der Waals surface area (Å²) in [5, 5.41) is 3.20. The van der Waals surface area contributed by atoms with Crippen LogP contribution >= 0.6 is 11.8 Å². The van der Waals surface area contributed by atoms with Crippen molar-refractivity contribution in [1.82, 2.24) is 10.3 Å². The lowest BCUT2D eigenvalue weighted by Crippen LogP contribution is -2.35. The molecular weight excluding hydrogens is 304 g/mol. The molecule has 2 rings (SSSR count). The number of hydrogen-bond acceptors (Lipinski definition) is 6. The van der Waals surface area contributed by atoms with Crippen molar-refractivity contribution in [3.05, 3.63) is 48.0 Å². The summed E-state index contributed by atoms with van der Waals surface area (Å²) >= 11 is 1.34. The second-order valence-electron chi connectivity index (χ2n) is 4.40. The molecule has 2 aromatic rings. The predicted octanol–water partition coefficient (Wildman–Crippen LogP) is 2.26. The van der Waals surface area contributed by atoms with Gasteiger partial charge in [0.1, 0.15) is 10.8 Å². The number of furan rings is 1. The van der Waals surface area contributed by atoms with Crippen molar-refractivity contribution < 1.29 is 18.7 Å². The summed E-state index contributed by atoms with van der Waals surface area (Å²) in [6.45, 7) is 1.77. The number of pyridine rings is 1. The second-order valence-corrected chi connectivity index (χ2v) is 5.20. The number of amides is 1. The first-order chi connectivity index (χ1) is 10.6. The van der Waals surface area contributed by atoms with E-state index in [0.29, 0.717) is 16.3 Å². The second kappa shape index (κ2) is 7.65. The van der Waals surface area contributed by atoms with E-state index in [1.807, 2.05) is 6.26 Å². The molecule has 0 radical (unpaired) electrons. The largest absolute Gasteiger partial charge is 0.467 e. The zero-order valence-electron chi connectivity index (χ0n) is 12.2. The molecular formula is C15H16N2O4S. The van der Waals surface area contributed by atoms with Crippen LogP contribution in [0.4, 0.5) is 0 Å². The molecule has 2 heterocycles. The van der Waals surface area contributed by atoms with Crippen LogP contribution in [0, 0.1) is 0 Å². The van der Waals surface area contributed by atoms with Gasteiger partial charge in [-0.2, -0.15) is 0 Å². The minimum absolute atomic E-state index is 0.247. The van der Waals surface area contributed by atoms with E-state index in [0.717, 1.165) is 0 Å². The highest BCUT2D eigenvalue weighted by Crippen LogP contribution is 2.18. The zero-order valence-corrected chi connectivity index (χ0v) is 13.1. The summed E-state index contributed by atoms with van der Waals surface area (Å²) in [4.78, 5) is 28.1. The molecule has 116 valence electrons. The van der Waals surface area contributed by atoms with Gasteiger partial charge in [0, 0.05) is 6.20 Å². The van der Waals surface area contributed by atoms with E-state index in [1.165, 1.54) is 24.9 Å². The molecule has 1 atom stereocenters. The molecule has 22 heavy (non-hydrogen) atoms. The summed E-state index contributed by atoms with van der Waals surface area (Å²) in [6, 6.07) is 6.75. The standard InChI is InChI=1S/C15H16N2O4S/c1-10(13(18)17-9-11-5-4-8-20-11)21-15(19)12-6-3-7-16-14(12)22-2/h3-8,10H,9H2,1-2H3,(H,17,18)/t10-/m0/s1. The van der Waals surface area contributed by atoms with Gasteiger partial charge in [-0.3, -0.25) is 4.79 Å². The van der Waals surface area contributed by atoms with Gasteiger partial charge in [0.15, 0.2) is 6.10 Å². The maximum absolute atomic E-state index is 12.1. The Labute approximate surface area is 132 Å². The van der Waals surface area contributed by atoms with Crippen molar-refractivity contribution in [2.45, 2.75) is 24.6 Å². The summed E-state index contributed by atoms with van der Waals surface area (Å²) in [5.41, 5.74) is 0.348. The Kier molecular flexibility index (Phi) is 5.60.